The molecule has 0 unspecified atom stereocenters. The van der Waals surface area contributed by atoms with Gasteiger partial charge in [-0.15, -0.1) is 6.58 Å². The maximum absolute atomic E-state index is 10.4. The maximum Gasteiger partial charge on any atom is 0.134 e. The number of aliphatic hydroxyl groups excluding tert-OH is 2. The second-order valence-electron chi connectivity index (χ2n) is 6.32. The van der Waals surface area contributed by atoms with Gasteiger partial charge in [0, 0.05) is 28.0 Å². The minimum absolute atomic E-state index is 0.118. The SMILES string of the molecule is C=C[C@H](c1ccc(Cl)cc1Cl)[C@](CO)(CCO)c1cc2ccccc2o1. The monoisotopic (exact) mass is 390 g/mol. The Labute approximate surface area is 162 Å². The highest BCUT2D eigenvalue weighted by molar-refractivity contribution is 6.35. The summed E-state index contributed by atoms with van der Waals surface area (Å²) >= 11 is 12.5. The first-order chi connectivity index (χ1) is 12.6. The molecule has 5 heteroatoms. The lowest BCUT2D eigenvalue weighted by Crippen LogP contribution is -2.37. The molecule has 0 radical (unpaired) electrons. The van der Waals surface area contributed by atoms with Gasteiger partial charge in [-0.1, -0.05) is 53.5 Å². The van der Waals surface area contributed by atoms with Crippen molar-refractivity contribution in [1.82, 2.24) is 0 Å². The predicted molar refractivity (Wildman–Crippen MR) is 106 cm³/mol. The number of aliphatic hydroxyl groups is 2. The van der Waals surface area contributed by atoms with Crippen molar-refractivity contribution in [3.05, 3.63) is 82.6 Å². The van der Waals surface area contributed by atoms with Gasteiger partial charge < -0.3 is 14.6 Å². The molecular weight excluding hydrogens is 371 g/mol. The van der Waals surface area contributed by atoms with Gasteiger partial charge in [0.2, 0.25) is 0 Å². The van der Waals surface area contributed by atoms with Crippen molar-refractivity contribution in [3.8, 4) is 0 Å². The zero-order chi connectivity index (χ0) is 18.7. The van der Waals surface area contributed by atoms with Crippen LogP contribution < -0.4 is 0 Å². The zero-order valence-electron chi connectivity index (χ0n) is 14.2. The van der Waals surface area contributed by atoms with E-state index in [1.807, 2.05) is 36.4 Å². The van der Waals surface area contributed by atoms with Gasteiger partial charge in [0.15, 0.2) is 0 Å². The fourth-order valence-electron chi connectivity index (χ4n) is 3.52. The number of furan rings is 1. The summed E-state index contributed by atoms with van der Waals surface area (Å²) in [7, 11) is 0. The van der Waals surface area contributed by atoms with Crippen LogP contribution in [0.15, 0.2) is 65.6 Å². The average molecular weight is 391 g/mol. The van der Waals surface area contributed by atoms with Crippen LogP contribution in [0.4, 0.5) is 0 Å². The Morgan fingerprint density at radius 2 is 1.88 bits per heavy atom. The first-order valence-electron chi connectivity index (χ1n) is 8.34. The molecule has 0 spiro atoms. The third-order valence-corrected chi connectivity index (χ3v) is 5.45. The molecule has 2 atom stereocenters. The lowest BCUT2D eigenvalue weighted by atomic mass is 9.68. The molecule has 3 nitrogen and oxygen atoms in total. The number of fused-ring (bicyclic) bond motifs is 1. The van der Waals surface area contributed by atoms with E-state index >= 15 is 0 Å². The van der Waals surface area contributed by atoms with E-state index in [1.54, 1.807) is 18.2 Å². The molecule has 3 aromatic rings. The highest BCUT2D eigenvalue weighted by atomic mass is 35.5. The number of benzene rings is 2. The number of hydrogen-bond donors (Lipinski definition) is 2. The normalized spacial score (nSPS) is 14.9. The van der Waals surface area contributed by atoms with Gasteiger partial charge in [-0.2, -0.15) is 0 Å². The highest BCUT2D eigenvalue weighted by Crippen LogP contribution is 2.46. The molecule has 0 aliphatic rings. The number of hydrogen-bond acceptors (Lipinski definition) is 3. The molecule has 0 saturated heterocycles. The van der Waals surface area contributed by atoms with Gasteiger partial charge in [0.25, 0.3) is 0 Å². The Kier molecular flexibility index (Phi) is 5.73. The van der Waals surface area contributed by atoms with Gasteiger partial charge in [-0.3, -0.25) is 0 Å². The van der Waals surface area contributed by atoms with E-state index < -0.39 is 5.41 Å². The molecule has 0 amide bonds. The largest absolute Gasteiger partial charge is 0.460 e. The van der Waals surface area contributed by atoms with Gasteiger partial charge in [-0.25, -0.2) is 0 Å². The van der Waals surface area contributed by atoms with E-state index in [-0.39, 0.29) is 19.1 Å². The molecule has 2 N–H and O–H groups in total. The van der Waals surface area contributed by atoms with Crippen LogP contribution in [0.2, 0.25) is 10.0 Å². The molecule has 0 bridgehead atoms. The van der Waals surface area contributed by atoms with E-state index in [4.69, 9.17) is 27.6 Å². The van der Waals surface area contributed by atoms with Gasteiger partial charge >= 0.3 is 0 Å². The molecular formula is C21H20Cl2O3. The quantitative estimate of drug-likeness (QED) is 0.536. The number of rotatable bonds is 7. The van der Waals surface area contributed by atoms with Crippen LogP contribution >= 0.6 is 23.2 Å². The van der Waals surface area contributed by atoms with Crippen molar-refractivity contribution in [2.45, 2.75) is 17.8 Å². The van der Waals surface area contributed by atoms with Crippen molar-refractivity contribution in [3.63, 3.8) is 0 Å². The molecule has 0 saturated carbocycles. The van der Waals surface area contributed by atoms with Crippen LogP contribution in [0.1, 0.15) is 23.7 Å². The van der Waals surface area contributed by atoms with Crippen molar-refractivity contribution < 1.29 is 14.6 Å². The van der Waals surface area contributed by atoms with E-state index in [2.05, 4.69) is 6.58 Å². The third kappa shape index (κ3) is 3.28. The second-order valence-corrected chi connectivity index (χ2v) is 7.16. The highest BCUT2D eigenvalue weighted by Gasteiger charge is 2.42. The molecule has 3 rings (SSSR count). The van der Waals surface area contributed by atoms with Gasteiger partial charge in [0.1, 0.15) is 11.3 Å². The number of allylic oxidation sites excluding steroid dienone is 1. The lowest BCUT2D eigenvalue weighted by molar-refractivity contribution is 0.123. The smallest absolute Gasteiger partial charge is 0.134 e. The van der Waals surface area contributed by atoms with E-state index in [0.717, 1.165) is 16.5 Å². The molecule has 0 aliphatic carbocycles. The van der Waals surface area contributed by atoms with Gasteiger partial charge in [-0.05, 0) is 36.2 Å². The summed E-state index contributed by atoms with van der Waals surface area (Å²) in [5, 5.41) is 22.1. The van der Waals surface area contributed by atoms with Crippen LogP contribution in [0.5, 0.6) is 0 Å². The summed E-state index contributed by atoms with van der Waals surface area (Å²) in [5.41, 5.74) is 0.602. The van der Waals surface area contributed by atoms with Crippen LogP contribution in [0.25, 0.3) is 11.0 Å². The van der Waals surface area contributed by atoms with Crippen molar-refractivity contribution >= 4 is 34.2 Å². The Hall–Kier alpha value is -1.78. The van der Waals surface area contributed by atoms with Crippen LogP contribution in [0, 0.1) is 0 Å². The number of halogens is 2. The third-order valence-electron chi connectivity index (χ3n) is 4.88. The Bertz CT molecular complexity index is 886. The first-order valence-corrected chi connectivity index (χ1v) is 9.09. The van der Waals surface area contributed by atoms with E-state index in [1.165, 1.54) is 0 Å². The minimum atomic E-state index is -0.896. The molecule has 136 valence electrons. The van der Waals surface area contributed by atoms with Crippen molar-refractivity contribution in [1.29, 1.82) is 0 Å². The minimum Gasteiger partial charge on any atom is -0.460 e. The molecule has 1 aromatic heterocycles. The van der Waals surface area contributed by atoms with Crippen molar-refractivity contribution in [2.75, 3.05) is 13.2 Å². The maximum atomic E-state index is 10.4. The summed E-state index contributed by atoms with van der Waals surface area (Å²) in [6.07, 6.45) is 2.02. The summed E-state index contributed by atoms with van der Waals surface area (Å²) in [4.78, 5) is 0. The molecule has 1 heterocycles. The topological polar surface area (TPSA) is 53.6 Å². The summed E-state index contributed by atoms with van der Waals surface area (Å²) in [5.74, 6) is 0.219. The first kappa shape index (κ1) is 19.0. The number of para-hydroxylation sites is 1. The fourth-order valence-corrected chi connectivity index (χ4v) is 4.04. The van der Waals surface area contributed by atoms with E-state index in [9.17, 15) is 10.2 Å². The lowest BCUT2D eigenvalue weighted by Gasteiger charge is -2.36. The fraction of sp³-hybridized carbons (Fsp3) is 0.238. The molecule has 0 fully saturated rings. The Morgan fingerprint density at radius 1 is 1.12 bits per heavy atom. The van der Waals surface area contributed by atoms with Crippen LogP contribution in [-0.4, -0.2) is 23.4 Å². The Balaban J connectivity index is 2.20. The summed E-state index contributed by atoms with van der Waals surface area (Å²) in [6.45, 7) is 3.60. The van der Waals surface area contributed by atoms with Crippen LogP contribution in [-0.2, 0) is 5.41 Å². The van der Waals surface area contributed by atoms with Crippen LogP contribution in [0.3, 0.4) is 0 Å². The summed E-state index contributed by atoms with van der Waals surface area (Å²) < 4.78 is 6.06. The molecule has 26 heavy (non-hydrogen) atoms. The molecule has 2 aromatic carbocycles. The second kappa shape index (κ2) is 7.85. The van der Waals surface area contributed by atoms with Crippen molar-refractivity contribution in [2.24, 2.45) is 0 Å². The Morgan fingerprint density at radius 3 is 2.50 bits per heavy atom. The predicted octanol–water partition coefficient (Wildman–Crippen LogP) is 5.32. The average Bonchev–Trinajstić information content (AvgIpc) is 3.07. The summed E-state index contributed by atoms with van der Waals surface area (Å²) in [6, 6.07) is 14.8. The van der Waals surface area contributed by atoms with E-state index in [0.29, 0.717) is 22.2 Å². The van der Waals surface area contributed by atoms with Gasteiger partial charge in [0.05, 0.1) is 12.0 Å². The molecule has 0 aliphatic heterocycles. The standard InChI is InChI=1S/C21H20Cl2O3/c1-2-17(16-8-7-15(22)12-18(16)23)21(13-25,9-10-24)20-11-14-5-3-4-6-19(14)26-20/h2-8,11-12,17,24-25H,1,9-10,13H2/t17-,21-/m1/s1. The zero-order valence-corrected chi connectivity index (χ0v) is 15.7.